The average Bonchev–Trinajstić information content (AvgIpc) is 2.87. The van der Waals surface area contributed by atoms with Crippen molar-refractivity contribution in [1.29, 1.82) is 0 Å². The molecule has 4 heteroatoms. The topological polar surface area (TPSA) is 12.0 Å². The van der Waals surface area contributed by atoms with Gasteiger partial charge in [-0.2, -0.15) is 0 Å². The minimum atomic E-state index is 0.392. The third-order valence-electron chi connectivity index (χ3n) is 2.71. The van der Waals surface area contributed by atoms with E-state index in [0.717, 1.165) is 0 Å². The van der Waals surface area contributed by atoms with Crippen LogP contribution >= 0.6 is 38.6 Å². The Bertz CT molecular complexity index is 445. The highest BCUT2D eigenvalue weighted by Gasteiger charge is 2.13. The van der Waals surface area contributed by atoms with Crippen molar-refractivity contribution >= 4 is 38.6 Å². The van der Waals surface area contributed by atoms with Gasteiger partial charge in [-0.25, -0.2) is 0 Å². The van der Waals surface area contributed by atoms with Crippen LogP contribution in [-0.2, 0) is 0 Å². The van der Waals surface area contributed by atoms with Gasteiger partial charge in [0, 0.05) is 26.7 Å². The minimum absolute atomic E-state index is 0.392. The summed E-state index contributed by atoms with van der Waals surface area (Å²) < 4.78 is 1.20. The molecular formula is C13H16BrNS2. The number of aryl methyl sites for hydroxylation is 1. The zero-order valence-electron chi connectivity index (χ0n) is 10.2. The standard InChI is InChI=1S/C13H16BrNS2/c1-8-4-5-11(16-8)9(2)15-10(3)12-6-7-13(14)17-12/h4-7,9-10,15H,1-3H3. The van der Waals surface area contributed by atoms with Gasteiger partial charge in [-0.15, -0.1) is 22.7 Å². The molecule has 0 fully saturated rings. The van der Waals surface area contributed by atoms with E-state index in [-0.39, 0.29) is 0 Å². The van der Waals surface area contributed by atoms with Gasteiger partial charge >= 0.3 is 0 Å². The van der Waals surface area contributed by atoms with Crippen molar-refractivity contribution in [2.45, 2.75) is 32.9 Å². The fourth-order valence-electron chi connectivity index (χ4n) is 1.79. The largest absolute Gasteiger partial charge is 0.302 e. The van der Waals surface area contributed by atoms with E-state index in [4.69, 9.17) is 0 Å². The Morgan fingerprint density at radius 1 is 1.00 bits per heavy atom. The number of nitrogens with one attached hydrogen (secondary N) is 1. The molecule has 0 radical (unpaired) electrons. The molecule has 0 saturated carbocycles. The predicted octanol–water partition coefficient (Wildman–Crippen LogP) is 5.29. The number of hydrogen-bond donors (Lipinski definition) is 1. The Balaban J connectivity index is 2.01. The summed E-state index contributed by atoms with van der Waals surface area (Å²) in [4.78, 5) is 4.15. The van der Waals surface area contributed by atoms with Gasteiger partial charge in [-0.05, 0) is 61.0 Å². The number of hydrogen-bond acceptors (Lipinski definition) is 3. The molecule has 17 heavy (non-hydrogen) atoms. The second-order valence-electron chi connectivity index (χ2n) is 4.20. The number of thiophene rings is 2. The van der Waals surface area contributed by atoms with E-state index in [1.165, 1.54) is 18.4 Å². The van der Waals surface area contributed by atoms with E-state index in [1.54, 1.807) is 11.3 Å². The van der Waals surface area contributed by atoms with Crippen LogP contribution in [0.25, 0.3) is 0 Å². The van der Waals surface area contributed by atoms with E-state index in [2.05, 4.69) is 66.3 Å². The van der Waals surface area contributed by atoms with Crippen molar-refractivity contribution in [3.05, 3.63) is 42.7 Å². The van der Waals surface area contributed by atoms with Crippen molar-refractivity contribution in [3.8, 4) is 0 Å². The normalized spacial score (nSPS) is 14.8. The zero-order valence-corrected chi connectivity index (χ0v) is 13.4. The summed E-state index contributed by atoms with van der Waals surface area (Å²) in [6.45, 7) is 6.60. The van der Waals surface area contributed by atoms with Crippen molar-refractivity contribution in [3.63, 3.8) is 0 Å². The van der Waals surface area contributed by atoms with Gasteiger partial charge in [0.25, 0.3) is 0 Å². The van der Waals surface area contributed by atoms with Crippen LogP contribution in [0.2, 0.25) is 0 Å². The molecular weight excluding hydrogens is 314 g/mol. The molecule has 0 aromatic carbocycles. The molecule has 0 spiro atoms. The van der Waals surface area contributed by atoms with Crippen LogP contribution < -0.4 is 5.32 Å². The number of rotatable bonds is 4. The first-order chi connectivity index (χ1) is 8.06. The van der Waals surface area contributed by atoms with E-state index >= 15 is 0 Å². The molecule has 1 N–H and O–H groups in total. The zero-order chi connectivity index (χ0) is 12.4. The van der Waals surface area contributed by atoms with Crippen LogP contribution in [0.4, 0.5) is 0 Å². The molecule has 0 aliphatic heterocycles. The molecule has 92 valence electrons. The highest BCUT2D eigenvalue weighted by molar-refractivity contribution is 9.11. The molecule has 0 bridgehead atoms. The van der Waals surface area contributed by atoms with Crippen molar-refractivity contribution < 1.29 is 0 Å². The monoisotopic (exact) mass is 329 g/mol. The molecule has 0 aliphatic rings. The summed E-state index contributed by atoms with van der Waals surface area (Å²) in [6, 6.07) is 9.49. The lowest BCUT2D eigenvalue weighted by Gasteiger charge is -2.18. The van der Waals surface area contributed by atoms with Gasteiger partial charge in [0.1, 0.15) is 0 Å². The Labute approximate surface area is 119 Å². The van der Waals surface area contributed by atoms with Crippen LogP contribution in [0.5, 0.6) is 0 Å². The Morgan fingerprint density at radius 3 is 2.06 bits per heavy atom. The van der Waals surface area contributed by atoms with Crippen LogP contribution in [0, 0.1) is 6.92 Å². The van der Waals surface area contributed by atoms with Gasteiger partial charge in [-0.1, -0.05) is 0 Å². The SMILES string of the molecule is Cc1ccc(C(C)NC(C)c2ccc(Br)s2)s1. The quantitative estimate of drug-likeness (QED) is 0.803. The van der Waals surface area contributed by atoms with Gasteiger partial charge < -0.3 is 5.32 Å². The summed E-state index contributed by atoms with van der Waals surface area (Å²) in [5, 5.41) is 3.64. The summed E-state index contributed by atoms with van der Waals surface area (Å²) in [7, 11) is 0. The van der Waals surface area contributed by atoms with Crippen molar-refractivity contribution in [2.24, 2.45) is 0 Å². The lowest BCUT2D eigenvalue weighted by atomic mass is 10.2. The maximum Gasteiger partial charge on any atom is 0.0701 e. The average molecular weight is 330 g/mol. The van der Waals surface area contributed by atoms with Crippen LogP contribution in [0.1, 0.15) is 40.6 Å². The number of halogens is 1. The maximum atomic E-state index is 3.64. The first kappa shape index (κ1) is 13.3. The first-order valence-electron chi connectivity index (χ1n) is 5.64. The van der Waals surface area contributed by atoms with Crippen LogP contribution in [-0.4, -0.2) is 0 Å². The first-order valence-corrected chi connectivity index (χ1v) is 8.06. The second-order valence-corrected chi connectivity index (χ2v) is 8.01. The molecule has 2 aromatic heterocycles. The molecule has 0 aliphatic carbocycles. The third-order valence-corrected chi connectivity index (χ3v) is 5.70. The molecule has 0 saturated heterocycles. The lowest BCUT2D eigenvalue weighted by Crippen LogP contribution is -2.20. The van der Waals surface area contributed by atoms with Crippen LogP contribution in [0.3, 0.4) is 0 Å². The van der Waals surface area contributed by atoms with Crippen LogP contribution in [0.15, 0.2) is 28.1 Å². The molecule has 1 nitrogen and oxygen atoms in total. The Kier molecular flexibility index (Phi) is 4.42. The molecule has 2 heterocycles. The third kappa shape index (κ3) is 3.41. The highest BCUT2D eigenvalue weighted by Crippen LogP contribution is 2.30. The van der Waals surface area contributed by atoms with E-state index in [1.807, 2.05) is 11.3 Å². The highest BCUT2D eigenvalue weighted by atomic mass is 79.9. The second kappa shape index (κ2) is 5.65. The Morgan fingerprint density at radius 2 is 1.59 bits per heavy atom. The summed E-state index contributed by atoms with van der Waals surface area (Å²) in [5.74, 6) is 0. The predicted molar refractivity (Wildman–Crippen MR) is 81.0 cm³/mol. The fraction of sp³-hybridized carbons (Fsp3) is 0.385. The summed E-state index contributed by atoms with van der Waals surface area (Å²) >= 11 is 7.17. The van der Waals surface area contributed by atoms with E-state index in [0.29, 0.717) is 12.1 Å². The van der Waals surface area contributed by atoms with Crippen molar-refractivity contribution in [2.75, 3.05) is 0 Å². The van der Waals surface area contributed by atoms with Crippen molar-refractivity contribution in [1.82, 2.24) is 5.32 Å². The molecule has 2 aromatic rings. The maximum absolute atomic E-state index is 3.64. The van der Waals surface area contributed by atoms with Gasteiger partial charge in [0.05, 0.1) is 3.79 Å². The lowest BCUT2D eigenvalue weighted by molar-refractivity contribution is 0.506. The molecule has 2 unspecified atom stereocenters. The van der Waals surface area contributed by atoms with E-state index < -0.39 is 0 Å². The molecule has 0 amide bonds. The minimum Gasteiger partial charge on any atom is -0.302 e. The molecule has 2 rings (SSSR count). The van der Waals surface area contributed by atoms with Gasteiger partial charge in [-0.3, -0.25) is 0 Å². The fourth-order valence-corrected chi connectivity index (χ4v) is 4.11. The van der Waals surface area contributed by atoms with Gasteiger partial charge in [0.15, 0.2) is 0 Å². The van der Waals surface area contributed by atoms with Gasteiger partial charge in [0.2, 0.25) is 0 Å². The Hall–Kier alpha value is -0.160. The molecule has 2 atom stereocenters. The summed E-state index contributed by atoms with van der Waals surface area (Å²) in [5.41, 5.74) is 0. The smallest absolute Gasteiger partial charge is 0.0701 e. The van der Waals surface area contributed by atoms with E-state index in [9.17, 15) is 0 Å². The summed E-state index contributed by atoms with van der Waals surface area (Å²) in [6.07, 6.45) is 0.